The van der Waals surface area contributed by atoms with Gasteiger partial charge in [-0.25, -0.2) is 9.59 Å². The topological polar surface area (TPSA) is 102 Å². The van der Waals surface area contributed by atoms with E-state index in [1.165, 1.54) is 7.11 Å². The van der Waals surface area contributed by atoms with E-state index >= 15 is 0 Å². The first kappa shape index (κ1) is 20.9. The van der Waals surface area contributed by atoms with Gasteiger partial charge in [0, 0.05) is 50.0 Å². The van der Waals surface area contributed by atoms with Crippen LogP contribution in [0.1, 0.15) is 28.3 Å². The predicted octanol–water partition coefficient (Wildman–Crippen LogP) is 3.68. The summed E-state index contributed by atoms with van der Waals surface area (Å²) in [5.74, 6) is -0.434. The van der Waals surface area contributed by atoms with E-state index in [9.17, 15) is 14.7 Å². The number of carboxylic acid groups (broad SMARTS) is 1. The summed E-state index contributed by atoms with van der Waals surface area (Å²) in [6.45, 7) is 2.49. The number of likely N-dealkylation sites (tertiary alicyclic amines) is 1. The number of rotatable bonds is 4. The smallest absolute Gasteiger partial charge is 0.339 e. The zero-order valence-electron chi connectivity index (χ0n) is 18.3. The number of urea groups is 1. The van der Waals surface area contributed by atoms with Crippen molar-refractivity contribution in [1.82, 2.24) is 15.1 Å². The first-order valence-electron chi connectivity index (χ1n) is 10.9. The van der Waals surface area contributed by atoms with Gasteiger partial charge in [-0.05, 0) is 36.2 Å². The molecule has 1 saturated heterocycles. The number of hydrogen-bond donors (Lipinski definition) is 2. The molecular formula is C24H25N5O4. The minimum Gasteiger partial charge on any atom is -0.496 e. The standard InChI is InChI=1S/C24H25N5O4/c1-33-22-12-18(6-7-19(22)23(30)31)28-10-11-29(21-5-3-2-4-20(21)28)24(32)27-9-8-16(15-27)17-13-25-26-14-17/h2-7,12-14,16H,8-11,15H2,1H3,(H,25,26)(H,30,31). The molecule has 1 aromatic heterocycles. The fourth-order valence-electron chi connectivity index (χ4n) is 4.71. The van der Waals surface area contributed by atoms with Crippen LogP contribution in [0, 0.1) is 0 Å². The quantitative estimate of drug-likeness (QED) is 0.633. The average Bonchev–Trinajstić information content (AvgIpc) is 3.54. The summed E-state index contributed by atoms with van der Waals surface area (Å²) in [6, 6.07) is 12.9. The number of nitrogens with one attached hydrogen (secondary N) is 1. The fraction of sp³-hybridized carbons (Fsp3) is 0.292. The van der Waals surface area contributed by atoms with Crippen molar-refractivity contribution in [2.75, 3.05) is 43.1 Å². The van der Waals surface area contributed by atoms with Gasteiger partial charge >= 0.3 is 12.0 Å². The van der Waals surface area contributed by atoms with E-state index in [1.54, 1.807) is 18.2 Å². The number of carboxylic acids is 1. The van der Waals surface area contributed by atoms with E-state index in [1.807, 2.05) is 46.5 Å². The number of carbonyl (C=O) groups excluding carboxylic acids is 1. The molecule has 1 atom stereocenters. The van der Waals surface area contributed by atoms with E-state index in [-0.39, 0.29) is 11.6 Å². The molecule has 0 bridgehead atoms. The van der Waals surface area contributed by atoms with Crippen molar-refractivity contribution < 1.29 is 19.4 Å². The van der Waals surface area contributed by atoms with Gasteiger partial charge in [0.05, 0.1) is 24.7 Å². The van der Waals surface area contributed by atoms with Crippen LogP contribution in [0.3, 0.4) is 0 Å². The number of methoxy groups -OCH3 is 1. The third kappa shape index (κ3) is 3.75. The molecule has 0 saturated carbocycles. The molecule has 0 aliphatic carbocycles. The van der Waals surface area contributed by atoms with Crippen molar-refractivity contribution in [3.63, 3.8) is 0 Å². The maximum Gasteiger partial charge on any atom is 0.339 e. The summed E-state index contributed by atoms with van der Waals surface area (Å²) in [5.41, 5.74) is 3.80. The van der Waals surface area contributed by atoms with E-state index in [2.05, 4.69) is 15.1 Å². The Hall–Kier alpha value is -4.01. The van der Waals surface area contributed by atoms with Crippen molar-refractivity contribution in [3.8, 4) is 5.75 Å². The number of fused-ring (bicyclic) bond motifs is 1. The molecule has 2 amide bonds. The van der Waals surface area contributed by atoms with Crippen LogP contribution in [0.5, 0.6) is 5.75 Å². The monoisotopic (exact) mass is 447 g/mol. The number of anilines is 3. The number of amides is 2. The molecule has 170 valence electrons. The second-order valence-corrected chi connectivity index (χ2v) is 8.23. The Labute approximate surface area is 191 Å². The molecule has 2 aliphatic rings. The van der Waals surface area contributed by atoms with Gasteiger partial charge < -0.3 is 19.6 Å². The Morgan fingerprint density at radius 3 is 2.67 bits per heavy atom. The van der Waals surface area contributed by atoms with Gasteiger partial charge in [-0.1, -0.05) is 12.1 Å². The number of benzene rings is 2. The summed E-state index contributed by atoms with van der Waals surface area (Å²) in [4.78, 5) is 30.8. The molecular weight excluding hydrogens is 422 g/mol. The van der Waals surface area contributed by atoms with Gasteiger partial charge in [-0.15, -0.1) is 0 Å². The number of carbonyl (C=O) groups is 2. The number of hydrogen-bond acceptors (Lipinski definition) is 5. The molecule has 0 radical (unpaired) electrons. The Kier molecular flexibility index (Phi) is 5.37. The molecule has 9 heteroatoms. The van der Waals surface area contributed by atoms with Gasteiger partial charge in [0.25, 0.3) is 0 Å². The summed E-state index contributed by atoms with van der Waals surface area (Å²) in [7, 11) is 1.46. The molecule has 2 N–H and O–H groups in total. The summed E-state index contributed by atoms with van der Waals surface area (Å²) < 4.78 is 5.31. The first-order valence-corrected chi connectivity index (χ1v) is 10.9. The van der Waals surface area contributed by atoms with Crippen LogP contribution in [0.25, 0.3) is 0 Å². The number of aromatic nitrogens is 2. The molecule has 33 heavy (non-hydrogen) atoms. The molecule has 2 aromatic carbocycles. The highest BCUT2D eigenvalue weighted by atomic mass is 16.5. The van der Waals surface area contributed by atoms with Crippen LogP contribution in [0.15, 0.2) is 54.9 Å². The van der Waals surface area contributed by atoms with Crippen LogP contribution in [0.4, 0.5) is 21.9 Å². The Balaban J connectivity index is 1.41. The minimum absolute atomic E-state index is 0.00639. The Bertz CT molecular complexity index is 1180. The fourth-order valence-corrected chi connectivity index (χ4v) is 4.71. The largest absolute Gasteiger partial charge is 0.496 e. The highest BCUT2D eigenvalue weighted by Gasteiger charge is 2.34. The lowest BCUT2D eigenvalue weighted by molar-refractivity contribution is 0.0693. The van der Waals surface area contributed by atoms with Crippen LogP contribution in [-0.4, -0.2) is 65.5 Å². The van der Waals surface area contributed by atoms with Crippen LogP contribution < -0.4 is 14.5 Å². The second-order valence-electron chi connectivity index (χ2n) is 8.23. The lowest BCUT2D eigenvalue weighted by Gasteiger charge is -2.39. The number of aromatic carboxylic acids is 1. The van der Waals surface area contributed by atoms with Gasteiger partial charge in [0.15, 0.2) is 0 Å². The van der Waals surface area contributed by atoms with Gasteiger partial charge in [-0.2, -0.15) is 5.10 Å². The van der Waals surface area contributed by atoms with Crippen LogP contribution in [0.2, 0.25) is 0 Å². The SMILES string of the molecule is COc1cc(N2CCN(C(=O)N3CCC(c4cn[nH]c4)C3)c3ccccc32)ccc1C(=O)O. The molecule has 1 unspecified atom stereocenters. The zero-order valence-corrected chi connectivity index (χ0v) is 18.3. The average molecular weight is 447 g/mol. The first-order chi connectivity index (χ1) is 16.1. The second kappa shape index (κ2) is 8.50. The molecule has 5 rings (SSSR count). The number of para-hydroxylation sites is 2. The van der Waals surface area contributed by atoms with Gasteiger partial charge in [0.1, 0.15) is 11.3 Å². The maximum absolute atomic E-state index is 13.5. The maximum atomic E-state index is 13.5. The third-order valence-corrected chi connectivity index (χ3v) is 6.42. The van der Waals surface area contributed by atoms with E-state index in [0.717, 1.165) is 29.0 Å². The van der Waals surface area contributed by atoms with Crippen molar-refractivity contribution in [1.29, 1.82) is 0 Å². The van der Waals surface area contributed by atoms with Gasteiger partial charge in [-0.3, -0.25) is 10.00 Å². The lowest BCUT2D eigenvalue weighted by atomic mass is 10.0. The molecule has 0 spiro atoms. The van der Waals surface area contributed by atoms with Crippen molar-refractivity contribution in [2.45, 2.75) is 12.3 Å². The lowest BCUT2D eigenvalue weighted by Crippen LogP contribution is -2.48. The predicted molar refractivity (Wildman–Crippen MR) is 124 cm³/mol. The summed E-state index contributed by atoms with van der Waals surface area (Å²) in [5, 5.41) is 16.3. The van der Waals surface area contributed by atoms with E-state index in [0.29, 0.717) is 37.8 Å². The summed E-state index contributed by atoms with van der Waals surface area (Å²) in [6.07, 6.45) is 4.65. The highest BCUT2D eigenvalue weighted by molar-refractivity contribution is 5.98. The van der Waals surface area contributed by atoms with Crippen LogP contribution in [-0.2, 0) is 0 Å². The van der Waals surface area contributed by atoms with Crippen LogP contribution >= 0.6 is 0 Å². The van der Waals surface area contributed by atoms with Crippen molar-refractivity contribution >= 4 is 29.1 Å². The number of H-pyrrole nitrogens is 1. The number of ether oxygens (including phenoxy) is 1. The Morgan fingerprint density at radius 1 is 1.12 bits per heavy atom. The zero-order chi connectivity index (χ0) is 22.9. The van der Waals surface area contributed by atoms with Gasteiger partial charge in [0.2, 0.25) is 0 Å². The van der Waals surface area contributed by atoms with Crippen molar-refractivity contribution in [2.24, 2.45) is 0 Å². The molecule has 9 nitrogen and oxygen atoms in total. The summed E-state index contributed by atoms with van der Waals surface area (Å²) >= 11 is 0. The molecule has 3 aromatic rings. The molecule has 2 aliphatic heterocycles. The third-order valence-electron chi connectivity index (χ3n) is 6.42. The highest BCUT2D eigenvalue weighted by Crippen LogP contribution is 2.40. The minimum atomic E-state index is -1.03. The van der Waals surface area contributed by atoms with E-state index < -0.39 is 5.97 Å². The Morgan fingerprint density at radius 2 is 1.94 bits per heavy atom. The number of aromatic amines is 1. The normalized spacial score (nSPS) is 17.7. The van der Waals surface area contributed by atoms with Crippen molar-refractivity contribution in [3.05, 3.63) is 66.0 Å². The molecule has 1 fully saturated rings. The van der Waals surface area contributed by atoms with E-state index in [4.69, 9.17) is 4.74 Å². The molecule has 3 heterocycles. The number of nitrogens with zero attached hydrogens (tertiary/aromatic N) is 4.